The van der Waals surface area contributed by atoms with Crippen LogP contribution in [0.15, 0.2) is 57.0 Å². The van der Waals surface area contributed by atoms with Gasteiger partial charge in [-0.3, -0.25) is 9.36 Å². The second kappa shape index (κ2) is 6.52. The van der Waals surface area contributed by atoms with E-state index >= 15 is 0 Å². The summed E-state index contributed by atoms with van der Waals surface area (Å²) in [6.07, 6.45) is 1.60. The maximum absolute atomic E-state index is 12.5. The van der Waals surface area contributed by atoms with Crippen LogP contribution in [-0.2, 0) is 12.4 Å². The van der Waals surface area contributed by atoms with E-state index in [9.17, 15) is 4.79 Å². The number of fused-ring (bicyclic) bond motifs is 1. The topological polar surface area (TPSA) is 91.6 Å². The quantitative estimate of drug-likeness (QED) is 0.508. The third-order valence-corrected chi connectivity index (χ3v) is 4.65. The number of rotatable bonds is 5. The number of hydrogen-bond acceptors (Lipinski definition) is 7. The number of benzene rings is 1. The van der Waals surface area contributed by atoms with Gasteiger partial charge in [0.2, 0.25) is 0 Å². The van der Waals surface area contributed by atoms with E-state index in [4.69, 9.17) is 4.42 Å². The molecule has 0 aliphatic carbocycles. The van der Waals surface area contributed by atoms with Crippen LogP contribution in [0.2, 0.25) is 0 Å². The van der Waals surface area contributed by atoms with Crippen molar-refractivity contribution in [3.8, 4) is 11.6 Å². The Morgan fingerprint density at radius 3 is 2.80 bits per heavy atom. The zero-order valence-corrected chi connectivity index (χ0v) is 14.2. The fourth-order valence-electron chi connectivity index (χ4n) is 2.50. The normalized spacial score (nSPS) is 11.2. The summed E-state index contributed by atoms with van der Waals surface area (Å²) in [4.78, 5) is 12.5. The van der Waals surface area contributed by atoms with Crippen LogP contribution in [0.3, 0.4) is 0 Å². The van der Waals surface area contributed by atoms with E-state index in [1.54, 1.807) is 24.5 Å². The first-order chi connectivity index (χ1) is 12.3. The van der Waals surface area contributed by atoms with E-state index in [2.05, 4.69) is 20.5 Å². The van der Waals surface area contributed by atoms with Crippen LogP contribution in [0.25, 0.3) is 22.5 Å². The molecule has 0 aliphatic heterocycles. The molecule has 0 radical (unpaired) electrons. The lowest BCUT2D eigenvalue weighted by atomic mass is 10.2. The van der Waals surface area contributed by atoms with Gasteiger partial charge in [-0.05, 0) is 31.2 Å². The van der Waals surface area contributed by atoms with Crippen molar-refractivity contribution in [3.05, 3.63) is 53.0 Å². The predicted octanol–water partition coefficient (Wildman–Crippen LogP) is 2.41. The highest BCUT2D eigenvalue weighted by atomic mass is 32.2. The van der Waals surface area contributed by atoms with Crippen molar-refractivity contribution in [3.63, 3.8) is 0 Å². The molecule has 9 heteroatoms. The van der Waals surface area contributed by atoms with Gasteiger partial charge in [0.15, 0.2) is 16.7 Å². The lowest BCUT2D eigenvalue weighted by Crippen LogP contribution is -2.23. The van der Waals surface area contributed by atoms with E-state index in [0.29, 0.717) is 40.1 Å². The molecule has 0 aliphatic rings. The van der Waals surface area contributed by atoms with Crippen LogP contribution in [-0.4, -0.2) is 29.8 Å². The highest BCUT2D eigenvalue weighted by Gasteiger charge is 2.15. The SMILES string of the molecule is CCn1c(SCn2nnc3ccccc3c2=O)nnc1-c1ccco1. The molecule has 0 saturated carbocycles. The zero-order valence-electron chi connectivity index (χ0n) is 13.4. The summed E-state index contributed by atoms with van der Waals surface area (Å²) in [5.41, 5.74) is 0.414. The van der Waals surface area contributed by atoms with E-state index in [1.165, 1.54) is 16.4 Å². The Morgan fingerprint density at radius 1 is 1.12 bits per heavy atom. The van der Waals surface area contributed by atoms with Gasteiger partial charge >= 0.3 is 0 Å². The van der Waals surface area contributed by atoms with Gasteiger partial charge < -0.3 is 4.42 Å². The molecule has 3 aromatic heterocycles. The summed E-state index contributed by atoms with van der Waals surface area (Å²) in [5, 5.41) is 17.7. The van der Waals surface area contributed by atoms with E-state index in [-0.39, 0.29) is 5.56 Å². The number of furan rings is 1. The third-order valence-electron chi connectivity index (χ3n) is 3.72. The molecule has 25 heavy (non-hydrogen) atoms. The Morgan fingerprint density at radius 2 is 2.00 bits per heavy atom. The Bertz CT molecular complexity index is 1070. The van der Waals surface area contributed by atoms with Gasteiger partial charge in [0.05, 0.1) is 17.5 Å². The van der Waals surface area contributed by atoms with Gasteiger partial charge in [-0.1, -0.05) is 29.1 Å². The van der Waals surface area contributed by atoms with E-state index in [1.807, 2.05) is 29.7 Å². The highest BCUT2D eigenvalue weighted by molar-refractivity contribution is 7.98. The van der Waals surface area contributed by atoms with Crippen LogP contribution in [0.4, 0.5) is 0 Å². The zero-order chi connectivity index (χ0) is 17.2. The minimum absolute atomic E-state index is 0.174. The van der Waals surface area contributed by atoms with Crippen molar-refractivity contribution in [1.29, 1.82) is 0 Å². The average Bonchev–Trinajstić information content (AvgIpc) is 3.30. The highest BCUT2D eigenvalue weighted by Crippen LogP contribution is 2.24. The second-order valence-corrected chi connectivity index (χ2v) is 6.12. The van der Waals surface area contributed by atoms with Crippen molar-refractivity contribution < 1.29 is 4.42 Å². The molecule has 8 nitrogen and oxygen atoms in total. The number of thioether (sulfide) groups is 1. The fourth-order valence-corrected chi connectivity index (χ4v) is 3.37. The average molecular weight is 354 g/mol. The first-order valence-electron chi connectivity index (χ1n) is 7.70. The molecule has 126 valence electrons. The van der Waals surface area contributed by atoms with E-state index < -0.39 is 0 Å². The third kappa shape index (κ3) is 2.82. The molecular formula is C16H14N6O2S. The van der Waals surface area contributed by atoms with Gasteiger partial charge in [-0.15, -0.1) is 15.3 Å². The summed E-state index contributed by atoms with van der Waals surface area (Å²) in [7, 11) is 0. The number of hydrogen-bond donors (Lipinski definition) is 0. The summed E-state index contributed by atoms with van der Waals surface area (Å²) in [5.74, 6) is 1.61. The molecule has 0 spiro atoms. The maximum atomic E-state index is 12.5. The Balaban J connectivity index is 1.62. The second-order valence-electron chi connectivity index (χ2n) is 5.21. The Kier molecular flexibility index (Phi) is 4.06. The molecule has 3 heterocycles. The van der Waals surface area contributed by atoms with Crippen LogP contribution >= 0.6 is 11.8 Å². The molecule has 0 N–H and O–H groups in total. The van der Waals surface area contributed by atoms with Gasteiger partial charge in [0.25, 0.3) is 5.56 Å². The van der Waals surface area contributed by atoms with Crippen molar-refractivity contribution >= 4 is 22.7 Å². The molecule has 0 saturated heterocycles. The molecule has 0 fully saturated rings. The lowest BCUT2D eigenvalue weighted by Gasteiger charge is -2.06. The summed E-state index contributed by atoms with van der Waals surface area (Å²) < 4.78 is 8.66. The van der Waals surface area contributed by atoms with Crippen molar-refractivity contribution in [2.75, 3.05) is 0 Å². The van der Waals surface area contributed by atoms with Gasteiger partial charge in [0, 0.05) is 6.54 Å². The first-order valence-corrected chi connectivity index (χ1v) is 8.69. The van der Waals surface area contributed by atoms with Gasteiger partial charge in [0.1, 0.15) is 5.52 Å². The lowest BCUT2D eigenvalue weighted by molar-refractivity contribution is 0.566. The van der Waals surface area contributed by atoms with Crippen molar-refractivity contribution in [2.45, 2.75) is 24.5 Å². The Hall–Kier alpha value is -2.94. The monoisotopic (exact) mass is 354 g/mol. The largest absolute Gasteiger partial charge is 0.461 e. The predicted molar refractivity (Wildman–Crippen MR) is 93.1 cm³/mol. The summed E-state index contributed by atoms with van der Waals surface area (Å²) >= 11 is 1.37. The van der Waals surface area contributed by atoms with E-state index in [0.717, 1.165) is 0 Å². The van der Waals surface area contributed by atoms with Gasteiger partial charge in [-0.25, -0.2) is 0 Å². The minimum Gasteiger partial charge on any atom is -0.461 e. The fraction of sp³-hybridized carbons (Fsp3) is 0.188. The number of aromatic nitrogens is 6. The molecule has 1 aromatic carbocycles. The Labute approximate surface area is 146 Å². The molecule has 4 rings (SSSR count). The van der Waals surface area contributed by atoms with Crippen LogP contribution in [0.1, 0.15) is 6.92 Å². The molecular weight excluding hydrogens is 340 g/mol. The van der Waals surface area contributed by atoms with Gasteiger partial charge in [-0.2, -0.15) is 4.68 Å². The smallest absolute Gasteiger partial charge is 0.278 e. The van der Waals surface area contributed by atoms with Crippen molar-refractivity contribution in [2.24, 2.45) is 0 Å². The van der Waals surface area contributed by atoms with Crippen LogP contribution < -0.4 is 5.56 Å². The molecule has 0 unspecified atom stereocenters. The molecule has 0 atom stereocenters. The molecule has 0 amide bonds. The first kappa shape index (κ1) is 15.6. The standard InChI is InChI=1S/C16H14N6O2S/c1-2-21-14(13-8-5-9-24-13)18-19-16(21)25-10-22-15(23)11-6-3-4-7-12(11)17-20-22/h3-9H,2,10H2,1H3. The minimum atomic E-state index is -0.174. The maximum Gasteiger partial charge on any atom is 0.278 e. The molecule has 4 aromatic rings. The van der Waals surface area contributed by atoms with Crippen molar-refractivity contribution in [1.82, 2.24) is 29.8 Å². The number of nitrogens with zero attached hydrogens (tertiary/aromatic N) is 6. The summed E-state index contributed by atoms with van der Waals surface area (Å²) in [6, 6.07) is 10.8. The summed E-state index contributed by atoms with van der Waals surface area (Å²) in [6.45, 7) is 2.69. The molecule has 0 bridgehead atoms. The van der Waals surface area contributed by atoms with Crippen LogP contribution in [0.5, 0.6) is 0 Å². The van der Waals surface area contributed by atoms with Crippen LogP contribution in [0, 0.1) is 0 Å².